The van der Waals surface area contributed by atoms with Gasteiger partial charge in [-0.25, -0.2) is 4.98 Å². The molecule has 1 saturated heterocycles. The summed E-state index contributed by atoms with van der Waals surface area (Å²) in [4.78, 5) is 14.6. The molecule has 1 fully saturated rings. The minimum Gasteiger partial charge on any atom is -0.353 e. The zero-order valence-corrected chi connectivity index (χ0v) is 16.3. The molecule has 3 aromatic rings. The monoisotopic (exact) mass is 422 g/mol. The van der Waals surface area contributed by atoms with E-state index < -0.39 is 0 Å². The van der Waals surface area contributed by atoms with Gasteiger partial charge in [-0.05, 0) is 36.3 Å². The largest absolute Gasteiger partial charge is 0.353 e. The number of nitrogens with zero attached hydrogens (tertiary/aromatic N) is 4. The molecule has 4 nitrogen and oxygen atoms in total. The Labute approximate surface area is 158 Å². The van der Waals surface area contributed by atoms with Gasteiger partial charge in [-0.15, -0.1) is 11.3 Å². The molecule has 0 aliphatic carbocycles. The van der Waals surface area contributed by atoms with Crippen LogP contribution < -0.4 is 4.90 Å². The number of hydrogen-bond donors (Lipinski definition) is 0. The van der Waals surface area contributed by atoms with E-state index in [9.17, 15) is 0 Å². The number of thiophene rings is 1. The van der Waals surface area contributed by atoms with Gasteiger partial charge < -0.3 is 9.80 Å². The lowest BCUT2D eigenvalue weighted by Crippen LogP contribution is -2.44. The summed E-state index contributed by atoms with van der Waals surface area (Å²) in [5, 5.41) is 3.58. The van der Waals surface area contributed by atoms with Gasteiger partial charge in [-0.3, -0.25) is 0 Å². The van der Waals surface area contributed by atoms with Crippen LogP contribution in [0.5, 0.6) is 0 Å². The van der Waals surface area contributed by atoms with Crippen LogP contribution in [0.15, 0.2) is 34.1 Å². The fourth-order valence-corrected chi connectivity index (χ4v) is 4.41. The fourth-order valence-electron chi connectivity index (χ4n) is 2.99. The van der Waals surface area contributed by atoms with Crippen LogP contribution in [0.3, 0.4) is 0 Å². The van der Waals surface area contributed by atoms with E-state index in [1.165, 1.54) is 11.1 Å². The van der Waals surface area contributed by atoms with Crippen molar-refractivity contribution in [2.45, 2.75) is 0 Å². The molecule has 24 heavy (non-hydrogen) atoms. The molecule has 0 saturated carbocycles. The molecule has 0 bridgehead atoms. The van der Waals surface area contributed by atoms with Crippen molar-refractivity contribution in [2.24, 2.45) is 0 Å². The summed E-state index contributed by atoms with van der Waals surface area (Å²) in [6, 6.07) is 8.36. The number of halogens is 2. The molecule has 1 aromatic carbocycles. The summed E-state index contributed by atoms with van der Waals surface area (Å²) >= 11 is 11.3. The minimum atomic E-state index is 0.320. The first kappa shape index (κ1) is 16.3. The van der Waals surface area contributed by atoms with E-state index in [0.29, 0.717) is 5.28 Å². The minimum absolute atomic E-state index is 0.320. The molecule has 0 N–H and O–H groups in total. The Morgan fingerprint density at radius 2 is 1.79 bits per heavy atom. The molecule has 0 amide bonds. The van der Waals surface area contributed by atoms with Crippen LogP contribution in [0.25, 0.3) is 21.3 Å². The average Bonchev–Trinajstić information content (AvgIpc) is 2.99. The highest BCUT2D eigenvalue weighted by molar-refractivity contribution is 9.10. The first-order valence-corrected chi connectivity index (χ1v) is 9.81. The van der Waals surface area contributed by atoms with Crippen molar-refractivity contribution in [1.29, 1.82) is 0 Å². The highest BCUT2D eigenvalue weighted by atomic mass is 79.9. The number of likely N-dealkylation sites (N-methyl/N-ethyl adjacent to an activating group) is 1. The highest BCUT2D eigenvalue weighted by Gasteiger charge is 2.22. The van der Waals surface area contributed by atoms with Crippen LogP contribution in [0.2, 0.25) is 5.28 Å². The van der Waals surface area contributed by atoms with Crippen molar-refractivity contribution >= 4 is 54.9 Å². The molecule has 0 unspecified atom stereocenters. The van der Waals surface area contributed by atoms with E-state index >= 15 is 0 Å². The van der Waals surface area contributed by atoms with Crippen molar-refractivity contribution < 1.29 is 0 Å². The third-order valence-corrected chi connectivity index (χ3v) is 5.92. The van der Waals surface area contributed by atoms with Crippen LogP contribution in [-0.4, -0.2) is 48.1 Å². The van der Waals surface area contributed by atoms with Crippen LogP contribution in [-0.2, 0) is 0 Å². The quantitative estimate of drug-likeness (QED) is 0.567. The van der Waals surface area contributed by atoms with Gasteiger partial charge in [-0.2, -0.15) is 4.98 Å². The third-order valence-electron chi connectivity index (χ3n) is 4.35. The number of fused-ring (bicyclic) bond motifs is 1. The lowest BCUT2D eigenvalue weighted by Gasteiger charge is -2.33. The lowest BCUT2D eigenvalue weighted by molar-refractivity contribution is 0.312. The zero-order valence-electron chi connectivity index (χ0n) is 13.2. The van der Waals surface area contributed by atoms with E-state index in [2.05, 4.69) is 72.4 Å². The second kappa shape index (κ2) is 6.59. The zero-order chi connectivity index (χ0) is 16.7. The average molecular weight is 424 g/mol. The Balaban J connectivity index is 1.86. The van der Waals surface area contributed by atoms with Gasteiger partial charge in [0, 0.05) is 41.6 Å². The van der Waals surface area contributed by atoms with Crippen molar-refractivity contribution in [2.75, 3.05) is 38.1 Å². The molecule has 1 aliphatic heterocycles. The molecule has 3 heterocycles. The number of anilines is 1. The van der Waals surface area contributed by atoms with Crippen LogP contribution >= 0.6 is 38.9 Å². The molecule has 7 heteroatoms. The van der Waals surface area contributed by atoms with E-state index in [0.717, 1.165) is 46.7 Å². The summed E-state index contributed by atoms with van der Waals surface area (Å²) in [6.45, 7) is 3.96. The molecular weight excluding hydrogens is 408 g/mol. The topological polar surface area (TPSA) is 32.3 Å². The molecule has 2 aromatic heterocycles. The van der Waals surface area contributed by atoms with Crippen molar-refractivity contribution in [3.63, 3.8) is 0 Å². The maximum absolute atomic E-state index is 6.19. The number of benzene rings is 1. The number of rotatable bonds is 2. The summed E-state index contributed by atoms with van der Waals surface area (Å²) in [5.74, 6) is 0.956. The number of hydrogen-bond acceptors (Lipinski definition) is 5. The molecule has 0 spiro atoms. The van der Waals surface area contributed by atoms with Crippen molar-refractivity contribution in [3.8, 4) is 11.1 Å². The fraction of sp³-hybridized carbons (Fsp3) is 0.294. The predicted octanol–water partition coefficient (Wildman–Crippen LogP) is 4.53. The van der Waals surface area contributed by atoms with E-state index in [4.69, 9.17) is 11.6 Å². The Kier molecular flexibility index (Phi) is 4.47. The number of aromatic nitrogens is 2. The SMILES string of the molecule is CN1CCN(c2nc(Cl)nc3scc(-c4ccc(Br)cc4)c23)CC1. The summed E-state index contributed by atoms with van der Waals surface area (Å²) in [5.41, 5.74) is 2.35. The van der Waals surface area contributed by atoms with Gasteiger partial charge in [0.15, 0.2) is 0 Å². The van der Waals surface area contributed by atoms with E-state index in [-0.39, 0.29) is 0 Å². The second-order valence-electron chi connectivity index (χ2n) is 5.94. The number of piperazine rings is 1. The van der Waals surface area contributed by atoms with Crippen LogP contribution in [0.4, 0.5) is 5.82 Å². The summed E-state index contributed by atoms with van der Waals surface area (Å²) in [6.07, 6.45) is 0. The van der Waals surface area contributed by atoms with Gasteiger partial charge in [0.25, 0.3) is 0 Å². The standard InChI is InChI=1S/C17H16BrClN4S/c1-22-6-8-23(9-7-22)15-14-13(11-2-4-12(18)5-3-11)10-24-16(14)21-17(19)20-15/h2-5,10H,6-9H2,1H3. The lowest BCUT2D eigenvalue weighted by atomic mass is 10.1. The smallest absolute Gasteiger partial charge is 0.225 e. The van der Waals surface area contributed by atoms with E-state index in [1.54, 1.807) is 11.3 Å². The van der Waals surface area contributed by atoms with E-state index in [1.807, 2.05) is 0 Å². The van der Waals surface area contributed by atoms with Gasteiger partial charge in [-0.1, -0.05) is 28.1 Å². The van der Waals surface area contributed by atoms with Gasteiger partial charge >= 0.3 is 0 Å². The molecule has 0 atom stereocenters. The normalized spacial score (nSPS) is 16.0. The molecular formula is C17H16BrClN4S. The maximum atomic E-state index is 6.19. The maximum Gasteiger partial charge on any atom is 0.225 e. The Hall–Kier alpha value is -1.21. The predicted molar refractivity (Wildman–Crippen MR) is 105 cm³/mol. The first-order chi connectivity index (χ1) is 11.6. The Morgan fingerprint density at radius 1 is 1.08 bits per heavy atom. The Morgan fingerprint density at radius 3 is 2.50 bits per heavy atom. The van der Waals surface area contributed by atoms with Gasteiger partial charge in [0.2, 0.25) is 5.28 Å². The Bertz CT molecular complexity index is 872. The van der Waals surface area contributed by atoms with Crippen LogP contribution in [0.1, 0.15) is 0 Å². The molecule has 0 radical (unpaired) electrons. The first-order valence-electron chi connectivity index (χ1n) is 7.76. The highest BCUT2D eigenvalue weighted by Crippen LogP contribution is 2.39. The third kappa shape index (κ3) is 3.04. The van der Waals surface area contributed by atoms with Crippen molar-refractivity contribution in [3.05, 3.63) is 39.4 Å². The second-order valence-corrected chi connectivity index (χ2v) is 8.05. The van der Waals surface area contributed by atoms with Crippen molar-refractivity contribution in [1.82, 2.24) is 14.9 Å². The van der Waals surface area contributed by atoms with Gasteiger partial charge in [0.1, 0.15) is 10.6 Å². The van der Waals surface area contributed by atoms with Gasteiger partial charge in [0.05, 0.1) is 5.39 Å². The molecule has 4 rings (SSSR count). The summed E-state index contributed by atoms with van der Waals surface area (Å²) in [7, 11) is 2.15. The summed E-state index contributed by atoms with van der Waals surface area (Å²) < 4.78 is 1.07. The van der Waals surface area contributed by atoms with Crippen LogP contribution in [0, 0.1) is 0 Å². The molecule has 1 aliphatic rings. The molecule has 124 valence electrons.